The van der Waals surface area contributed by atoms with Gasteiger partial charge in [-0.05, 0) is 30.7 Å². The Bertz CT molecular complexity index is 1220. The third-order valence-corrected chi connectivity index (χ3v) is 7.61. The Morgan fingerprint density at radius 1 is 1.24 bits per heavy atom. The van der Waals surface area contributed by atoms with Gasteiger partial charge in [0.05, 0.1) is 23.1 Å². The lowest BCUT2D eigenvalue weighted by Crippen LogP contribution is -2.40. The molecule has 1 aromatic carbocycles. The first-order valence-electron chi connectivity index (χ1n) is 11.7. The molecule has 0 aliphatic rings. The number of thiocarbonyl (C=S) groups is 1. The molecule has 2 aromatic heterocycles. The Morgan fingerprint density at radius 2 is 1.95 bits per heavy atom. The molecule has 202 valence electrons. The minimum Gasteiger partial charge on any atom is -0.450 e. The summed E-state index contributed by atoms with van der Waals surface area (Å²) in [5, 5.41) is 24.5. The third kappa shape index (κ3) is 8.06. The lowest BCUT2D eigenvalue weighted by atomic mass is 10.2. The average Bonchev–Trinajstić information content (AvgIpc) is 3.14. The van der Waals surface area contributed by atoms with Gasteiger partial charge in [0.1, 0.15) is 18.1 Å². The molecule has 0 radical (unpaired) electrons. The molecule has 4 N–H and O–H groups in total. The summed E-state index contributed by atoms with van der Waals surface area (Å²) in [4.78, 5) is 4.34. The van der Waals surface area contributed by atoms with Crippen molar-refractivity contribution in [2.45, 2.75) is 44.9 Å². The fraction of sp³-hybridized carbons (Fsp3) is 0.417. The van der Waals surface area contributed by atoms with Crippen molar-refractivity contribution in [3.63, 3.8) is 0 Å². The Hall–Kier alpha value is -2.35. The molecule has 0 saturated heterocycles. The van der Waals surface area contributed by atoms with Crippen LogP contribution in [0.15, 0.2) is 30.6 Å². The first-order valence-corrected chi connectivity index (χ1v) is 16.2. The maximum absolute atomic E-state index is 14.9. The lowest BCUT2D eigenvalue weighted by molar-refractivity contribution is 0.0899. The molecule has 0 aliphatic heterocycles. The van der Waals surface area contributed by atoms with Crippen LogP contribution in [-0.2, 0) is 11.5 Å². The normalized spacial score (nSPS) is 12.5. The van der Waals surface area contributed by atoms with E-state index in [-0.39, 0.29) is 42.9 Å². The number of benzene rings is 1. The summed E-state index contributed by atoms with van der Waals surface area (Å²) in [6, 6.07) is 4.05. The van der Waals surface area contributed by atoms with Gasteiger partial charge < -0.3 is 34.9 Å². The first-order chi connectivity index (χ1) is 17.5. The summed E-state index contributed by atoms with van der Waals surface area (Å²) in [5.74, 6) is -2.40. The molecule has 0 saturated carbocycles. The maximum atomic E-state index is 14.9. The molecule has 37 heavy (non-hydrogen) atoms. The molecule has 0 fully saturated rings. The smallest absolute Gasteiger partial charge is 0.198 e. The zero-order chi connectivity index (χ0) is 27.2. The van der Waals surface area contributed by atoms with Crippen molar-refractivity contribution >= 4 is 53.7 Å². The van der Waals surface area contributed by atoms with Crippen LogP contribution >= 0.6 is 23.8 Å². The Kier molecular flexibility index (Phi) is 10.2. The summed E-state index contributed by atoms with van der Waals surface area (Å²) in [5.41, 5.74) is 0.507. The fourth-order valence-electron chi connectivity index (χ4n) is 3.42. The van der Waals surface area contributed by atoms with Crippen LogP contribution in [0, 0.1) is 11.6 Å². The number of halogens is 3. The van der Waals surface area contributed by atoms with Crippen LogP contribution in [-0.4, -0.2) is 58.8 Å². The molecule has 3 aromatic rings. The average molecular weight is 573 g/mol. The van der Waals surface area contributed by atoms with Gasteiger partial charge in [0.25, 0.3) is 0 Å². The summed E-state index contributed by atoms with van der Waals surface area (Å²) in [6.07, 6.45) is 3.36. The van der Waals surface area contributed by atoms with Crippen LogP contribution in [0.5, 0.6) is 11.5 Å². The predicted octanol–water partition coefficient (Wildman–Crippen LogP) is 5.10. The van der Waals surface area contributed by atoms with Crippen molar-refractivity contribution in [3.8, 4) is 11.5 Å². The number of fused-ring (bicyclic) bond motifs is 1. The molecule has 13 heteroatoms. The zero-order valence-corrected chi connectivity index (χ0v) is 23.4. The highest BCUT2D eigenvalue weighted by atomic mass is 35.5. The SMILES string of the molecule is C[Si](C)(C)CCOCn1cc(Cl)c2c(Oc3c(F)cc(NC(=S)NC(CO)CCO)cc3F)ccnc21. The fourth-order valence-corrected chi connectivity index (χ4v) is 4.76. The van der Waals surface area contributed by atoms with Gasteiger partial charge >= 0.3 is 0 Å². The van der Waals surface area contributed by atoms with E-state index < -0.39 is 31.5 Å². The molecule has 0 bridgehead atoms. The van der Waals surface area contributed by atoms with Gasteiger partial charge in [-0.15, -0.1) is 0 Å². The lowest BCUT2D eigenvalue weighted by Gasteiger charge is -2.18. The third-order valence-electron chi connectivity index (χ3n) is 5.40. The van der Waals surface area contributed by atoms with Crippen molar-refractivity contribution in [1.82, 2.24) is 14.9 Å². The van der Waals surface area contributed by atoms with Crippen molar-refractivity contribution in [1.29, 1.82) is 0 Å². The van der Waals surface area contributed by atoms with Crippen molar-refractivity contribution in [2.24, 2.45) is 0 Å². The highest BCUT2D eigenvalue weighted by Gasteiger charge is 2.20. The monoisotopic (exact) mass is 572 g/mol. The summed E-state index contributed by atoms with van der Waals surface area (Å²) >= 11 is 11.5. The first kappa shape index (κ1) is 29.2. The molecular weight excluding hydrogens is 542 g/mol. The maximum Gasteiger partial charge on any atom is 0.198 e. The molecular formula is C24H31ClF2N4O4SSi. The minimum absolute atomic E-state index is 0.0380. The summed E-state index contributed by atoms with van der Waals surface area (Å²) in [7, 11) is -1.23. The predicted molar refractivity (Wildman–Crippen MR) is 147 cm³/mol. The Balaban J connectivity index is 1.76. The second-order valence-corrected chi connectivity index (χ2v) is 16.1. The summed E-state index contributed by atoms with van der Waals surface area (Å²) in [6.45, 7) is 7.21. The molecule has 2 heterocycles. The van der Waals surface area contributed by atoms with Crippen LogP contribution in [0.1, 0.15) is 6.42 Å². The van der Waals surface area contributed by atoms with Crippen LogP contribution in [0.25, 0.3) is 11.0 Å². The number of nitrogens with one attached hydrogen (secondary N) is 2. The number of aliphatic hydroxyl groups is 2. The zero-order valence-electron chi connectivity index (χ0n) is 20.9. The van der Waals surface area contributed by atoms with Gasteiger partial charge in [-0.1, -0.05) is 31.2 Å². The van der Waals surface area contributed by atoms with Crippen LogP contribution < -0.4 is 15.4 Å². The topological polar surface area (TPSA) is 101 Å². The van der Waals surface area contributed by atoms with Crippen LogP contribution in [0.4, 0.5) is 14.5 Å². The quantitative estimate of drug-likeness (QED) is 0.135. The molecule has 0 aliphatic carbocycles. The van der Waals surface area contributed by atoms with Crippen molar-refractivity contribution in [2.75, 3.05) is 25.1 Å². The van der Waals surface area contributed by atoms with Gasteiger partial charge in [-0.3, -0.25) is 0 Å². The van der Waals surface area contributed by atoms with E-state index in [1.807, 2.05) is 0 Å². The number of rotatable bonds is 12. The minimum atomic E-state index is -1.23. The number of nitrogens with zero attached hydrogens (tertiary/aromatic N) is 2. The van der Waals surface area contributed by atoms with E-state index in [9.17, 15) is 13.9 Å². The molecule has 1 unspecified atom stereocenters. The van der Waals surface area contributed by atoms with E-state index in [4.69, 9.17) is 38.4 Å². The number of pyridine rings is 1. The largest absolute Gasteiger partial charge is 0.450 e. The number of anilines is 1. The summed E-state index contributed by atoms with van der Waals surface area (Å²) < 4.78 is 42.9. The van der Waals surface area contributed by atoms with Gasteiger partial charge in [0, 0.05) is 51.5 Å². The van der Waals surface area contributed by atoms with Crippen LogP contribution in [0.3, 0.4) is 0 Å². The van der Waals surface area contributed by atoms with E-state index in [2.05, 4.69) is 35.3 Å². The number of aliphatic hydroxyl groups excluding tert-OH is 2. The van der Waals surface area contributed by atoms with Gasteiger partial charge in [-0.25, -0.2) is 13.8 Å². The molecule has 8 nitrogen and oxygen atoms in total. The number of aromatic nitrogens is 2. The standard InChI is InChI=1S/C24H31ClF2N4O4SSi/c1-37(2,3)9-8-34-14-31-12-17(25)21-20(4-6-28-23(21)31)35-22-18(26)10-16(11-19(22)27)30-24(36)29-15(13-33)5-7-32/h4,6,10-12,15,32-33H,5,7-9,13-14H2,1-3H3,(H2,29,30,36). The number of hydrogen-bond donors (Lipinski definition) is 4. The van der Waals surface area contributed by atoms with E-state index in [1.54, 1.807) is 10.8 Å². The van der Waals surface area contributed by atoms with E-state index in [0.29, 0.717) is 22.7 Å². The Labute approximate surface area is 225 Å². The molecule has 0 amide bonds. The number of hydrogen-bond acceptors (Lipinski definition) is 6. The van der Waals surface area contributed by atoms with Gasteiger partial charge in [-0.2, -0.15) is 0 Å². The highest BCUT2D eigenvalue weighted by molar-refractivity contribution is 7.80. The Morgan fingerprint density at radius 3 is 2.57 bits per heavy atom. The van der Waals surface area contributed by atoms with Crippen LogP contribution in [0.2, 0.25) is 30.7 Å². The van der Waals surface area contributed by atoms with E-state index >= 15 is 0 Å². The van der Waals surface area contributed by atoms with Gasteiger partial charge in [0.2, 0.25) is 0 Å². The van der Waals surface area contributed by atoms with Gasteiger partial charge in [0.15, 0.2) is 22.5 Å². The second kappa shape index (κ2) is 12.9. The second-order valence-electron chi connectivity index (χ2n) is 9.66. The molecule has 3 rings (SSSR count). The number of ether oxygens (including phenoxy) is 2. The highest BCUT2D eigenvalue weighted by Crippen LogP contribution is 2.37. The van der Waals surface area contributed by atoms with Crippen molar-refractivity contribution < 1.29 is 28.5 Å². The van der Waals surface area contributed by atoms with E-state index in [1.165, 1.54) is 12.3 Å². The molecule has 1 atom stereocenters. The van der Waals surface area contributed by atoms with Crippen molar-refractivity contribution in [3.05, 3.63) is 47.2 Å². The molecule has 0 spiro atoms. The van der Waals surface area contributed by atoms with E-state index in [0.717, 1.165) is 18.2 Å².